The highest BCUT2D eigenvalue weighted by atomic mass is 19.1. The van der Waals surface area contributed by atoms with Crippen molar-refractivity contribution in [3.63, 3.8) is 0 Å². The third-order valence-electron chi connectivity index (χ3n) is 3.78. The molecule has 6 heteroatoms. The van der Waals surface area contributed by atoms with E-state index in [1.807, 2.05) is 6.07 Å². The van der Waals surface area contributed by atoms with Gasteiger partial charge < -0.3 is 15.4 Å². The molecule has 1 aliphatic carbocycles. The van der Waals surface area contributed by atoms with E-state index >= 15 is 0 Å². The molecule has 0 atom stereocenters. The maximum absolute atomic E-state index is 13.1. The molecule has 2 aromatic heterocycles. The molecule has 0 unspecified atom stereocenters. The lowest BCUT2D eigenvalue weighted by molar-refractivity contribution is -0.00331. The van der Waals surface area contributed by atoms with Crippen LogP contribution >= 0.6 is 0 Å². The van der Waals surface area contributed by atoms with Gasteiger partial charge in [0.05, 0.1) is 11.0 Å². The Balaban J connectivity index is 1.70. The minimum Gasteiger partial charge on any atom is -0.388 e. The average molecular weight is 264 g/mol. The van der Waals surface area contributed by atoms with E-state index in [-0.39, 0.29) is 0 Å². The summed E-state index contributed by atoms with van der Waals surface area (Å²) in [5.74, 6) is 0.696. The van der Waals surface area contributed by atoms with Crippen molar-refractivity contribution in [1.29, 1.82) is 0 Å². The standard InChI is InChI=1S/C13H17FN4O/c14-9-1-4-13(19,5-2-9)7-16-12-10-3-6-15-11(10)17-8-18-12/h3,6,8-9,19H,1-2,4-5,7H2,(H2,15,16,17,18). The molecule has 2 aromatic rings. The smallest absolute Gasteiger partial charge is 0.142 e. The van der Waals surface area contributed by atoms with Crippen molar-refractivity contribution in [2.75, 3.05) is 11.9 Å². The maximum Gasteiger partial charge on any atom is 0.142 e. The highest BCUT2D eigenvalue weighted by molar-refractivity contribution is 5.86. The minimum absolute atomic E-state index is 0.386. The first-order valence-electron chi connectivity index (χ1n) is 6.55. The summed E-state index contributed by atoms with van der Waals surface area (Å²) in [6.45, 7) is 0.386. The molecule has 0 saturated heterocycles. The number of hydrogen-bond acceptors (Lipinski definition) is 4. The first-order valence-corrected chi connectivity index (χ1v) is 6.55. The van der Waals surface area contributed by atoms with Crippen LogP contribution in [0.4, 0.5) is 10.2 Å². The van der Waals surface area contributed by atoms with E-state index in [4.69, 9.17) is 0 Å². The Hall–Kier alpha value is -1.69. The van der Waals surface area contributed by atoms with Gasteiger partial charge in [-0.2, -0.15) is 0 Å². The molecule has 3 rings (SSSR count). The predicted octanol–water partition coefficient (Wildman–Crippen LogP) is 2.01. The Morgan fingerprint density at radius 1 is 1.42 bits per heavy atom. The summed E-state index contributed by atoms with van der Waals surface area (Å²) in [7, 11) is 0. The number of rotatable bonds is 3. The van der Waals surface area contributed by atoms with Gasteiger partial charge >= 0.3 is 0 Å². The monoisotopic (exact) mass is 264 g/mol. The van der Waals surface area contributed by atoms with Crippen molar-refractivity contribution >= 4 is 16.9 Å². The average Bonchev–Trinajstić information content (AvgIpc) is 2.89. The van der Waals surface area contributed by atoms with Crippen LogP contribution in [0.5, 0.6) is 0 Å². The second kappa shape index (κ2) is 4.77. The highest BCUT2D eigenvalue weighted by Crippen LogP contribution is 2.30. The zero-order valence-electron chi connectivity index (χ0n) is 10.6. The van der Waals surface area contributed by atoms with Crippen LogP contribution in [0.1, 0.15) is 25.7 Å². The van der Waals surface area contributed by atoms with E-state index in [1.165, 1.54) is 6.33 Å². The molecule has 0 bridgehead atoms. The first kappa shape index (κ1) is 12.3. The van der Waals surface area contributed by atoms with E-state index in [1.54, 1.807) is 6.20 Å². The topological polar surface area (TPSA) is 73.8 Å². The quantitative estimate of drug-likeness (QED) is 0.793. The third kappa shape index (κ3) is 2.53. The zero-order valence-corrected chi connectivity index (χ0v) is 10.6. The van der Waals surface area contributed by atoms with Crippen molar-refractivity contribution < 1.29 is 9.50 Å². The van der Waals surface area contributed by atoms with E-state index in [0.29, 0.717) is 38.0 Å². The van der Waals surface area contributed by atoms with Crippen LogP contribution in [0, 0.1) is 0 Å². The summed E-state index contributed by atoms with van der Waals surface area (Å²) in [5, 5.41) is 14.4. The summed E-state index contributed by atoms with van der Waals surface area (Å²) < 4.78 is 13.1. The van der Waals surface area contributed by atoms with Gasteiger partial charge in [-0.3, -0.25) is 0 Å². The van der Waals surface area contributed by atoms with Gasteiger partial charge in [-0.1, -0.05) is 0 Å². The number of hydrogen-bond donors (Lipinski definition) is 3. The summed E-state index contributed by atoms with van der Waals surface area (Å²) in [5.41, 5.74) is -0.0761. The number of aliphatic hydroxyl groups is 1. The molecular weight excluding hydrogens is 247 g/mol. The molecule has 0 radical (unpaired) electrons. The fraction of sp³-hybridized carbons (Fsp3) is 0.538. The van der Waals surface area contributed by atoms with E-state index < -0.39 is 11.8 Å². The Morgan fingerprint density at radius 2 is 2.21 bits per heavy atom. The Labute approximate surface area is 110 Å². The number of aromatic nitrogens is 3. The predicted molar refractivity (Wildman–Crippen MR) is 70.7 cm³/mol. The molecule has 1 fully saturated rings. The van der Waals surface area contributed by atoms with Crippen molar-refractivity contribution in [3.05, 3.63) is 18.6 Å². The van der Waals surface area contributed by atoms with Crippen LogP contribution in [-0.4, -0.2) is 38.4 Å². The lowest BCUT2D eigenvalue weighted by Crippen LogP contribution is -2.41. The molecule has 102 valence electrons. The highest BCUT2D eigenvalue weighted by Gasteiger charge is 2.33. The number of nitrogens with one attached hydrogen (secondary N) is 2. The molecule has 0 aliphatic heterocycles. The number of H-pyrrole nitrogens is 1. The second-order valence-electron chi connectivity index (χ2n) is 5.21. The number of aromatic amines is 1. The lowest BCUT2D eigenvalue weighted by atomic mass is 9.84. The Bertz CT molecular complexity index is 563. The summed E-state index contributed by atoms with van der Waals surface area (Å²) in [6.07, 6.45) is 4.35. The molecule has 1 aliphatic rings. The Kier molecular flexibility index (Phi) is 3.10. The van der Waals surface area contributed by atoms with Gasteiger partial charge in [-0.25, -0.2) is 14.4 Å². The zero-order chi connectivity index (χ0) is 13.3. The second-order valence-corrected chi connectivity index (χ2v) is 5.21. The minimum atomic E-state index is -0.837. The summed E-state index contributed by atoms with van der Waals surface area (Å²) >= 11 is 0. The molecule has 0 spiro atoms. The Morgan fingerprint density at radius 3 is 3.00 bits per heavy atom. The van der Waals surface area contributed by atoms with E-state index in [2.05, 4.69) is 20.3 Å². The van der Waals surface area contributed by atoms with Gasteiger partial charge in [0.1, 0.15) is 24.0 Å². The molecule has 3 N–H and O–H groups in total. The molecule has 5 nitrogen and oxygen atoms in total. The van der Waals surface area contributed by atoms with Gasteiger partial charge in [0.25, 0.3) is 0 Å². The van der Waals surface area contributed by atoms with Crippen LogP contribution in [0.15, 0.2) is 18.6 Å². The van der Waals surface area contributed by atoms with Crippen LogP contribution in [-0.2, 0) is 0 Å². The van der Waals surface area contributed by atoms with Gasteiger partial charge in [0.2, 0.25) is 0 Å². The van der Waals surface area contributed by atoms with Crippen molar-refractivity contribution in [2.45, 2.75) is 37.5 Å². The largest absolute Gasteiger partial charge is 0.388 e. The fourth-order valence-electron chi connectivity index (χ4n) is 2.56. The summed E-state index contributed by atoms with van der Waals surface area (Å²) in [6, 6.07) is 1.89. The van der Waals surface area contributed by atoms with Gasteiger partial charge in [-0.05, 0) is 31.7 Å². The van der Waals surface area contributed by atoms with Crippen LogP contribution in [0.3, 0.4) is 0 Å². The number of fused-ring (bicyclic) bond motifs is 1. The number of halogens is 1. The SMILES string of the molecule is OC1(CNc2ncnc3[nH]ccc23)CCC(F)CC1. The van der Waals surface area contributed by atoms with E-state index in [9.17, 15) is 9.50 Å². The van der Waals surface area contributed by atoms with Crippen LogP contribution < -0.4 is 5.32 Å². The molecule has 2 heterocycles. The maximum atomic E-state index is 13.1. The number of nitrogens with zero attached hydrogens (tertiary/aromatic N) is 2. The van der Waals surface area contributed by atoms with Crippen LogP contribution in [0.25, 0.3) is 11.0 Å². The summed E-state index contributed by atoms with van der Waals surface area (Å²) in [4.78, 5) is 11.3. The molecule has 0 aromatic carbocycles. The van der Waals surface area contributed by atoms with Crippen LogP contribution in [0.2, 0.25) is 0 Å². The van der Waals surface area contributed by atoms with Crippen molar-refractivity contribution in [2.24, 2.45) is 0 Å². The van der Waals surface area contributed by atoms with Crippen molar-refractivity contribution in [3.8, 4) is 0 Å². The lowest BCUT2D eigenvalue weighted by Gasteiger charge is -2.33. The van der Waals surface area contributed by atoms with Gasteiger partial charge in [-0.15, -0.1) is 0 Å². The molecule has 1 saturated carbocycles. The van der Waals surface area contributed by atoms with Gasteiger partial charge in [0.15, 0.2) is 0 Å². The normalized spacial score (nSPS) is 27.6. The third-order valence-corrected chi connectivity index (χ3v) is 3.78. The van der Waals surface area contributed by atoms with Gasteiger partial charge in [0, 0.05) is 12.7 Å². The molecule has 0 amide bonds. The number of alkyl halides is 1. The first-order chi connectivity index (χ1) is 9.16. The number of anilines is 1. The fourth-order valence-corrected chi connectivity index (χ4v) is 2.56. The molecular formula is C13H17FN4O. The molecule has 19 heavy (non-hydrogen) atoms. The van der Waals surface area contributed by atoms with E-state index in [0.717, 1.165) is 11.0 Å². The van der Waals surface area contributed by atoms with Crippen molar-refractivity contribution in [1.82, 2.24) is 15.0 Å².